The van der Waals surface area contributed by atoms with E-state index in [4.69, 9.17) is 0 Å². The molecule has 2 fully saturated rings. The smallest absolute Gasteiger partial charge is 0.253 e. The van der Waals surface area contributed by atoms with Crippen molar-refractivity contribution in [2.24, 2.45) is 0 Å². The second kappa shape index (κ2) is 6.77. The highest BCUT2D eigenvalue weighted by Gasteiger charge is 2.31. The number of benzene rings is 1. The average Bonchev–Trinajstić information content (AvgIpc) is 3.36. The summed E-state index contributed by atoms with van der Waals surface area (Å²) < 4.78 is 1.89. The van der Waals surface area contributed by atoms with Gasteiger partial charge in [-0.3, -0.25) is 14.4 Å². The van der Waals surface area contributed by atoms with Crippen LogP contribution in [0.2, 0.25) is 0 Å². The average molecular weight is 324 g/mol. The number of likely N-dealkylation sites (tertiary alicyclic amines) is 2. The van der Waals surface area contributed by atoms with E-state index in [1.807, 2.05) is 46.1 Å². The lowest BCUT2D eigenvalue weighted by molar-refractivity contribution is 0.0780. The van der Waals surface area contributed by atoms with Crippen molar-refractivity contribution >= 4 is 5.91 Å². The maximum Gasteiger partial charge on any atom is 0.253 e. The van der Waals surface area contributed by atoms with E-state index in [0.29, 0.717) is 6.04 Å². The van der Waals surface area contributed by atoms with E-state index in [1.54, 1.807) is 6.20 Å². The lowest BCUT2D eigenvalue weighted by Crippen LogP contribution is -2.37. The van der Waals surface area contributed by atoms with Gasteiger partial charge in [0.2, 0.25) is 0 Å². The van der Waals surface area contributed by atoms with Crippen LogP contribution in [0.5, 0.6) is 0 Å². The van der Waals surface area contributed by atoms with Crippen LogP contribution in [0.1, 0.15) is 35.2 Å². The predicted octanol–water partition coefficient (Wildman–Crippen LogP) is 2.24. The van der Waals surface area contributed by atoms with Crippen LogP contribution in [-0.2, 0) is 6.54 Å². The molecule has 3 heterocycles. The quantitative estimate of drug-likeness (QED) is 0.866. The number of hydrogen-bond donors (Lipinski definition) is 0. The topological polar surface area (TPSA) is 41.4 Å². The van der Waals surface area contributed by atoms with Gasteiger partial charge in [-0.2, -0.15) is 5.10 Å². The van der Waals surface area contributed by atoms with Crippen LogP contribution in [0.15, 0.2) is 42.7 Å². The summed E-state index contributed by atoms with van der Waals surface area (Å²) in [5, 5.41) is 4.21. The van der Waals surface area contributed by atoms with Crippen molar-refractivity contribution < 1.29 is 4.79 Å². The van der Waals surface area contributed by atoms with Gasteiger partial charge in [0.05, 0.1) is 6.54 Å². The van der Waals surface area contributed by atoms with Crippen molar-refractivity contribution in [1.29, 1.82) is 0 Å². The van der Waals surface area contributed by atoms with Crippen molar-refractivity contribution in [3.05, 3.63) is 53.9 Å². The summed E-state index contributed by atoms with van der Waals surface area (Å²) in [6.45, 7) is 4.91. The van der Waals surface area contributed by atoms with Crippen LogP contribution in [0, 0.1) is 0 Å². The minimum atomic E-state index is 0.169. The fourth-order valence-corrected chi connectivity index (χ4v) is 3.85. The fourth-order valence-electron chi connectivity index (χ4n) is 3.85. The minimum absolute atomic E-state index is 0.169. The number of carbonyl (C=O) groups excluding carboxylic acids is 1. The third-order valence-corrected chi connectivity index (χ3v) is 5.21. The summed E-state index contributed by atoms with van der Waals surface area (Å²) in [7, 11) is 0. The number of hydrogen-bond acceptors (Lipinski definition) is 3. The van der Waals surface area contributed by atoms with Gasteiger partial charge in [-0.1, -0.05) is 12.1 Å². The molecule has 1 amide bonds. The van der Waals surface area contributed by atoms with Gasteiger partial charge in [-0.25, -0.2) is 0 Å². The van der Waals surface area contributed by atoms with Crippen molar-refractivity contribution in [3.63, 3.8) is 0 Å². The van der Waals surface area contributed by atoms with Crippen LogP contribution < -0.4 is 0 Å². The lowest BCUT2D eigenvalue weighted by atomic mass is 10.1. The standard InChI is InChI=1S/C19H24N4O/c24-19(22-13-8-18(15-22)21-10-1-2-11-21)17-6-4-16(5-7-17)14-23-12-3-9-20-23/h3-7,9,12,18H,1-2,8,10-11,13-15H2/t18-/m0/s1. The summed E-state index contributed by atoms with van der Waals surface area (Å²) in [6.07, 6.45) is 7.46. The molecule has 0 unspecified atom stereocenters. The number of nitrogens with zero attached hydrogens (tertiary/aromatic N) is 4. The third kappa shape index (κ3) is 3.22. The van der Waals surface area contributed by atoms with E-state index in [9.17, 15) is 4.79 Å². The maximum absolute atomic E-state index is 12.7. The molecule has 1 atom stereocenters. The minimum Gasteiger partial charge on any atom is -0.337 e. The van der Waals surface area contributed by atoms with Crippen LogP contribution in [0.4, 0.5) is 0 Å². The third-order valence-electron chi connectivity index (χ3n) is 5.21. The molecule has 0 spiro atoms. The highest BCUT2D eigenvalue weighted by Crippen LogP contribution is 2.22. The molecule has 0 radical (unpaired) electrons. The number of aromatic nitrogens is 2. The van der Waals surface area contributed by atoms with E-state index >= 15 is 0 Å². The molecule has 126 valence electrons. The summed E-state index contributed by atoms with van der Waals surface area (Å²) >= 11 is 0. The summed E-state index contributed by atoms with van der Waals surface area (Å²) in [4.78, 5) is 17.3. The predicted molar refractivity (Wildman–Crippen MR) is 92.9 cm³/mol. The molecule has 0 aliphatic carbocycles. The first-order chi connectivity index (χ1) is 11.8. The Labute approximate surface area is 142 Å². The Morgan fingerprint density at radius 2 is 1.92 bits per heavy atom. The Bertz CT molecular complexity index is 674. The largest absolute Gasteiger partial charge is 0.337 e. The first-order valence-corrected chi connectivity index (χ1v) is 8.89. The van der Waals surface area contributed by atoms with Gasteiger partial charge < -0.3 is 4.90 Å². The van der Waals surface area contributed by atoms with Crippen LogP contribution in [0.25, 0.3) is 0 Å². The van der Waals surface area contributed by atoms with E-state index in [0.717, 1.165) is 37.2 Å². The normalized spacial score (nSPS) is 21.5. The molecule has 0 N–H and O–H groups in total. The second-order valence-corrected chi connectivity index (χ2v) is 6.84. The molecule has 2 aliphatic rings. The van der Waals surface area contributed by atoms with Crippen molar-refractivity contribution in [2.45, 2.75) is 31.8 Å². The number of carbonyl (C=O) groups is 1. The van der Waals surface area contributed by atoms with E-state index in [-0.39, 0.29) is 5.91 Å². The van der Waals surface area contributed by atoms with Crippen LogP contribution in [-0.4, -0.2) is 57.7 Å². The monoisotopic (exact) mass is 324 g/mol. The van der Waals surface area contributed by atoms with E-state index < -0.39 is 0 Å². The summed E-state index contributed by atoms with van der Waals surface area (Å²) in [5.41, 5.74) is 1.95. The zero-order valence-electron chi connectivity index (χ0n) is 14.0. The molecule has 5 heteroatoms. The van der Waals surface area contributed by atoms with Gasteiger partial charge in [0.1, 0.15) is 0 Å². The first-order valence-electron chi connectivity index (χ1n) is 8.89. The van der Waals surface area contributed by atoms with Crippen molar-refractivity contribution in [3.8, 4) is 0 Å². The van der Waals surface area contributed by atoms with Gasteiger partial charge >= 0.3 is 0 Å². The molecule has 0 bridgehead atoms. The van der Waals surface area contributed by atoms with Crippen LogP contribution >= 0.6 is 0 Å². The molecule has 4 rings (SSSR count). The Kier molecular flexibility index (Phi) is 4.34. The molecule has 1 aromatic heterocycles. The van der Waals surface area contributed by atoms with Gasteiger partial charge in [0.15, 0.2) is 0 Å². The Morgan fingerprint density at radius 1 is 1.12 bits per heavy atom. The molecule has 24 heavy (non-hydrogen) atoms. The zero-order valence-corrected chi connectivity index (χ0v) is 14.0. The Morgan fingerprint density at radius 3 is 2.62 bits per heavy atom. The van der Waals surface area contributed by atoms with E-state index in [1.165, 1.54) is 25.9 Å². The summed E-state index contributed by atoms with van der Waals surface area (Å²) in [6, 6.07) is 10.4. The van der Waals surface area contributed by atoms with Crippen molar-refractivity contribution in [1.82, 2.24) is 19.6 Å². The van der Waals surface area contributed by atoms with E-state index in [2.05, 4.69) is 10.00 Å². The molecule has 2 aromatic rings. The molecule has 2 aliphatic heterocycles. The summed E-state index contributed by atoms with van der Waals surface area (Å²) in [5.74, 6) is 0.169. The number of amides is 1. The van der Waals surface area contributed by atoms with Gasteiger partial charge in [-0.15, -0.1) is 0 Å². The highest BCUT2D eigenvalue weighted by molar-refractivity contribution is 5.94. The SMILES string of the molecule is O=C(c1ccc(Cn2cccn2)cc1)N1CC[C@H](N2CCCC2)C1. The number of rotatable bonds is 4. The second-order valence-electron chi connectivity index (χ2n) is 6.84. The molecule has 1 aromatic carbocycles. The lowest BCUT2D eigenvalue weighted by Gasteiger charge is -2.23. The van der Waals surface area contributed by atoms with Crippen LogP contribution in [0.3, 0.4) is 0 Å². The van der Waals surface area contributed by atoms with Crippen molar-refractivity contribution in [2.75, 3.05) is 26.2 Å². The molecular formula is C19H24N4O. The maximum atomic E-state index is 12.7. The molecular weight excluding hydrogens is 300 g/mol. The fraction of sp³-hybridized carbons (Fsp3) is 0.474. The molecule has 2 saturated heterocycles. The zero-order chi connectivity index (χ0) is 16.4. The first kappa shape index (κ1) is 15.4. The Balaban J connectivity index is 1.37. The van der Waals surface area contributed by atoms with Gasteiger partial charge in [0, 0.05) is 37.1 Å². The molecule has 5 nitrogen and oxygen atoms in total. The van der Waals surface area contributed by atoms with Gasteiger partial charge in [-0.05, 0) is 56.1 Å². The highest BCUT2D eigenvalue weighted by atomic mass is 16.2. The molecule has 0 saturated carbocycles. The Hall–Kier alpha value is -2.14. The van der Waals surface area contributed by atoms with Gasteiger partial charge in [0.25, 0.3) is 5.91 Å².